The van der Waals surface area contributed by atoms with E-state index in [9.17, 15) is 4.79 Å². The third-order valence-corrected chi connectivity index (χ3v) is 3.45. The number of amides is 1. The number of carbonyl (C=O) groups excluding carboxylic acids is 1. The average Bonchev–Trinajstić information content (AvgIpc) is 2.49. The molecule has 0 atom stereocenters. The molecule has 5 heteroatoms. The van der Waals surface area contributed by atoms with Gasteiger partial charge in [0.25, 0.3) is 5.91 Å². The Morgan fingerprint density at radius 2 is 2.10 bits per heavy atom. The van der Waals surface area contributed by atoms with E-state index in [0.29, 0.717) is 23.7 Å². The van der Waals surface area contributed by atoms with Gasteiger partial charge >= 0.3 is 0 Å². The Hall–Kier alpha value is -2.07. The molecule has 21 heavy (non-hydrogen) atoms. The van der Waals surface area contributed by atoms with E-state index in [1.807, 2.05) is 31.2 Å². The number of aromatic nitrogens is 1. The molecule has 2 rings (SSSR count). The van der Waals surface area contributed by atoms with Gasteiger partial charge in [-0.3, -0.25) is 9.78 Å². The molecular weight excluding hydrogens is 288 g/mol. The van der Waals surface area contributed by atoms with Crippen molar-refractivity contribution in [2.24, 2.45) is 0 Å². The summed E-state index contributed by atoms with van der Waals surface area (Å²) in [5.41, 5.74) is 1.47. The molecule has 1 aromatic carbocycles. The van der Waals surface area contributed by atoms with Crippen LogP contribution in [0.4, 0.5) is 0 Å². The molecule has 0 spiro atoms. The molecule has 4 nitrogen and oxygen atoms in total. The van der Waals surface area contributed by atoms with Crippen molar-refractivity contribution in [3.05, 3.63) is 58.9 Å². The lowest BCUT2D eigenvalue weighted by Crippen LogP contribution is -2.31. The van der Waals surface area contributed by atoms with Gasteiger partial charge in [0.15, 0.2) is 0 Å². The highest BCUT2D eigenvalue weighted by Gasteiger charge is 2.15. The van der Waals surface area contributed by atoms with E-state index in [0.717, 1.165) is 11.3 Å². The zero-order valence-corrected chi connectivity index (χ0v) is 12.8. The lowest BCUT2D eigenvalue weighted by molar-refractivity contribution is 0.0773. The number of rotatable bonds is 5. The van der Waals surface area contributed by atoms with Gasteiger partial charge in [0.05, 0.1) is 17.1 Å². The van der Waals surface area contributed by atoms with Crippen LogP contribution in [0.15, 0.2) is 42.7 Å². The van der Waals surface area contributed by atoms with Crippen molar-refractivity contribution in [2.45, 2.75) is 6.92 Å². The summed E-state index contributed by atoms with van der Waals surface area (Å²) in [5.74, 6) is 0.666. The highest BCUT2D eigenvalue weighted by molar-refractivity contribution is 6.33. The second kappa shape index (κ2) is 7.09. The standard InChI is InChI=1S/C16H17ClN2O2/c1-12-5-3-4-6-15(12)21-10-9-19(2)16(20)13-11-18-8-7-14(13)17/h3-8,11H,9-10H2,1-2H3. The maximum atomic E-state index is 12.2. The van der Waals surface area contributed by atoms with Crippen LogP contribution in [0, 0.1) is 6.92 Å². The number of hydrogen-bond acceptors (Lipinski definition) is 3. The van der Waals surface area contributed by atoms with Crippen molar-refractivity contribution in [3.63, 3.8) is 0 Å². The third-order valence-electron chi connectivity index (χ3n) is 3.12. The van der Waals surface area contributed by atoms with Crippen LogP contribution in [0.25, 0.3) is 0 Å². The van der Waals surface area contributed by atoms with Crippen LogP contribution in [0.5, 0.6) is 5.75 Å². The van der Waals surface area contributed by atoms with Gasteiger partial charge in [-0.25, -0.2) is 0 Å². The number of pyridine rings is 1. The average molecular weight is 305 g/mol. The number of nitrogens with zero attached hydrogens (tertiary/aromatic N) is 2. The number of benzene rings is 1. The SMILES string of the molecule is Cc1ccccc1OCCN(C)C(=O)c1cnccc1Cl. The highest BCUT2D eigenvalue weighted by Crippen LogP contribution is 2.17. The first-order valence-electron chi connectivity index (χ1n) is 6.63. The summed E-state index contributed by atoms with van der Waals surface area (Å²) < 4.78 is 5.68. The zero-order valence-electron chi connectivity index (χ0n) is 12.0. The highest BCUT2D eigenvalue weighted by atomic mass is 35.5. The summed E-state index contributed by atoms with van der Waals surface area (Å²) >= 11 is 6.00. The number of ether oxygens (including phenoxy) is 1. The second-order valence-electron chi connectivity index (χ2n) is 4.70. The first kappa shape index (κ1) is 15.3. The lowest BCUT2D eigenvalue weighted by Gasteiger charge is -2.18. The van der Waals surface area contributed by atoms with E-state index < -0.39 is 0 Å². The van der Waals surface area contributed by atoms with Crippen molar-refractivity contribution in [1.29, 1.82) is 0 Å². The lowest BCUT2D eigenvalue weighted by atomic mass is 10.2. The first-order valence-corrected chi connectivity index (χ1v) is 7.01. The van der Waals surface area contributed by atoms with Gasteiger partial charge < -0.3 is 9.64 Å². The molecule has 0 N–H and O–H groups in total. The Morgan fingerprint density at radius 1 is 1.33 bits per heavy atom. The Morgan fingerprint density at radius 3 is 2.81 bits per heavy atom. The fourth-order valence-corrected chi connectivity index (χ4v) is 2.04. The van der Waals surface area contributed by atoms with Crippen molar-refractivity contribution in [2.75, 3.05) is 20.2 Å². The van der Waals surface area contributed by atoms with Gasteiger partial charge in [0.1, 0.15) is 12.4 Å². The van der Waals surface area contributed by atoms with Crippen LogP contribution >= 0.6 is 11.6 Å². The molecule has 1 aromatic heterocycles. The summed E-state index contributed by atoms with van der Waals surface area (Å²) in [6.45, 7) is 2.88. The molecule has 0 fully saturated rings. The molecule has 0 saturated heterocycles. The van der Waals surface area contributed by atoms with E-state index >= 15 is 0 Å². The Balaban J connectivity index is 1.90. The maximum Gasteiger partial charge on any atom is 0.256 e. The zero-order chi connectivity index (χ0) is 15.2. The molecule has 0 saturated carbocycles. The van der Waals surface area contributed by atoms with Gasteiger partial charge in [-0.1, -0.05) is 29.8 Å². The monoisotopic (exact) mass is 304 g/mol. The van der Waals surface area contributed by atoms with Gasteiger partial charge in [0, 0.05) is 19.4 Å². The minimum absolute atomic E-state index is 0.165. The van der Waals surface area contributed by atoms with Gasteiger partial charge in [-0.2, -0.15) is 0 Å². The van der Waals surface area contributed by atoms with Crippen molar-refractivity contribution in [3.8, 4) is 5.75 Å². The third kappa shape index (κ3) is 3.95. The maximum absolute atomic E-state index is 12.2. The van der Waals surface area contributed by atoms with Crippen molar-refractivity contribution < 1.29 is 9.53 Å². The predicted octanol–water partition coefficient (Wildman–Crippen LogP) is 3.19. The van der Waals surface area contributed by atoms with Crippen molar-refractivity contribution >= 4 is 17.5 Å². The normalized spacial score (nSPS) is 10.2. The minimum Gasteiger partial charge on any atom is -0.491 e. The van der Waals surface area contributed by atoms with Crippen LogP contribution in [-0.4, -0.2) is 36.0 Å². The number of hydrogen-bond donors (Lipinski definition) is 0. The number of para-hydroxylation sites is 1. The Bertz CT molecular complexity index is 631. The Kier molecular flexibility index (Phi) is 5.17. The minimum atomic E-state index is -0.165. The molecule has 0 bridgehead atoms. The quantitative estimate of drug-likeness (QED) is 0.852. The number of likely N-dealkylation sites (N-methyl/N-ethyl adjacent to an activating group) is 1. The molecule has 0 unspecified atom stereocenters. The molecule has 1 amide bonds. The van der Waals surface area contributed by atoms with Crippen LogP contribution in [0.2, 0.25) is 5.02 Å². The summed E-state index contributed by atoms with van der Waals surface area (Å²) in [6.07, 6.45) is 3.03. The van der Waals surface area contributed by atoms with Gasteiger partial charge in [-0.05, 0) is 24.6 Å². The van der Waals surface area contributed by atoms with E-state index in [1.165, 1.54) is 6.20 Å². The van der Waals surface area contributed by atoms with Crippen LogP contribution in [0.3, 0.4) is 0 Å². The molecule has 0 aliphatic heterocycles. The van der Waals surface area contributed by atoms with Crippen molar-refractivity contribution in [1.82, 2.24) is 9.88 Å². The van der Waals surface area contributed by atoms with Crippen LogP contribution in [-0.2, 0) is 0 Å². The Labute approximate surface area is 129 Å². The number of aryl methyl sites for hydroxylation is 1. The molecule has 1 heterocycles. The fourth-order valence-electron chi connectivity index (χ4n) is 1.85. The fraction of sp³-hybridized carbons (Fsp3) is 0.250. The molecule has 110 valence electrons. The number of halogens is 1. The largest absolute Gasteiger partial charge is 0.491 e. The summed E-state index contributed by atoms with van der Waals surface area (Å²) in [4.78, 5) is 17.7. The van der Waals surface area contributed by atoms with Crippen LogP contribution < -0.4 is 4.74 Å². The first-order chi connectivity index (χ1) is 10.1. The second-order valence-corrected chi connectivity index (χ2v) is 5.10. The predicted molar refractivity (Wildman–Crippen MR) is 82.9 cm³/mol. The summed E-state index contributed by atoms with van der Waals surface area (Å²) in [5, 5.41) is 0.404. The van der Waals surface area contributed by atoms with Gasteiger partial charge in [-0.15, -0.1) is 0 Å². The van der Waals surface area contributed by atoms with E-state index in [4.69, 9.17) is 16.3 Å². The van der Waals surface area contributed by atoms with Gasteiger partial charge in [0.2, 0.25) is 0 Å². The van der Waals surface area contributed by atoms with E-state index in [2.05, 4.69) is 4.98 Å². The molecule has 0 aliphatic carbocycles. The topological polar surface area (TPSA) is 42.4 Å². The molecule has 2 aromatic rings. The molecule has 0 radical (unpaired) electrons. The summed E-state index contributed by atoms with van der Waals surface area (Å²) in [7, 11) is 1.72. The molecular formula is C16H17ClN2O2. The van der Waals surface area contributed by atoms with E-state index in [-0.39, 0.29) is 5.91 Å². The molecule has 0 aliphatic rings. The van der Waals surface area contributed by atoms with Crippen LogP contribution in [0.1, 0.15) is 15.9 Å². The summed E-state index contributed by atoms with van der Waals surface area (Å²) in [6, 6.07) is 9.38. The van der Waals surface area contributed by atoms with E-state index in [1.54, 1.807) is 24.2 Å². The smallest absolute Gasteiger partial charge is 0.256 e. The number of carbonyl (C=O) groups is 1.